The van der Waals surface area contributed by atoms with Crippen LogP contribution in [0.5, 0.6) is 0 Å². The SMILES string of the molecule is CCNC(=NCc1ccc(F)cc1C(F)(F)F)NCCc1nc2ccccc2[nH]1. The zero-order valence-corrected chi connectivity index (χ0v) is 15.8. The molecule has 2 aromatic carbocycles. The second kappa shape index (κ2) is 8.93. The number of hydrogen-bond donors (Lipinski definition) is 3. The van der Waals surface area contributed by atoms with Gasteiger partial charge in [0.05, 0.1) is 23.1 Å². The first-order valence-electron chi connectivity index (χ1n) is 9.18. The highest BCUT2D eigenvalue weighted by molar-refractivity contribution is 5.79. The Hall–Kier alpha value is -3.10. The molecule has 3 rings (SSSR count). The van der Waals surface area contributed by atoms with Crippen LogP contribution in [-0.4, -0.2) is 29.0 Å². The van der Waals surface area contributed by atoms with E-state index in [9.17, 15) is 17.6 Å². The molecular formula is C20H21F4N5. The lowest BCUT2D eigenvalue weighted by Crippen LogP contribution is -2.38. The summed E-state index contributed by atoms with van der Waals surface area (Å²) in [7, 11) is 0. The molecule has 0 spiro atoms. The molecule has 0 aliphatic carbocycles. The molecule has 0 saturated heterocycles. The Morgan fingerprint density at radius 1 is 1.14 bits per heavy atom. The van der Waals surface area contributed by atoms with Crippen LogP contribution < -0.4 is 10.6 Å². The zero-order valence-electron chi connectivity index (χ0n) is 15.8. The monoisotopic (exact) mass is 407 g/mol. The molecule has 0 radical (unpaired) electrons. The van der Waals surface area contributed by atoms with Gasteiger partial charge in [-0.25, -0.2) is 14.4 Å². The Balaban J connectivity index is 1.65. The number of halogens is 4. The standard InChI is InChI=1S/C20H21F4N5/c1-2-25-19(26-10-9-18-28-16-5-3-4-6-17(16)29-18)27-12-13-7-8-14(21)11-15(13)20(22,23)24/h3-8,11H,2,9-10,12H2,1H3,(H,28,29)(H2,25,26,27). The fourth-order valence-corrected chi connectivity index (χ4v) is 2.88. The first-order chi connectivity index (χ1) is 13.9. The largest absolute Gasteiger partial charge is 0.416 e. The molecule has 0 unspecified atom stereocenters. The van der Waals surface area contributed by atoms with Gasteiger partial charge in [-0.2, -0.15) is 13.2 Å². The smallest absolute Gasteiger partial charge is 0.357 e. The highest BCUT2D eigenvalue weighted by Gasteiger charge is 2.33. The number of nitrogens with zero attached hydrogens (tertiary/aromatic N) is 2. The third-order valence-electron chi connectivity index (χ3n) is 4.22. The number of benzene rings is 2. The van der Waals surface area contributed by atoms with Crippen molar-refractivity contribution in [3.63, 3.8) is 0 Å². The van der Waals surface area contributed by atoms with E-state index in [-0.39, 0.29) is 12.1 Å². The number of nitrogens with one attached hydrogen (secondary N) is 3. The second-order valence-corrected chi connectivity index (χ2v) is 6.37. The van der Waals surface area contributed by atoms with Crippen molar-refractivity contribution in [2.75, 3.05) is 13.1 Å². The zero-order chi connectivity index (χ0) is 20.9. The van der Waals surface area contributed by atoms with E-state index >= 15 is 0 Å². The summed E-state index contributed by atoms with van der Waals surface area (Å²) >= 11 is 0. The maximum atomic E-state index is 13.2. The summed E-state index contributed by atoms with van der Waals surface area (Å²) in [5.74, 6) is 0.245. The van der Waals surface area contributed by atoms with E-state index in [1.807, 2.05) is 31.2 Å². The van der Waals surface area contributed by atoms with Crippen LogP contribution >= 0.6 is 0 Å². The number of H-pyrrole nitrogens is 1. The predicted octanol–water partition coefficient (Wildman–Crippen LogP) is 4.02. The van der Waals surface area contributed by atoms with E-state index in [2.05, 4.69) is 25.6 Å². The van der Waals surface area contributed by atoms with E-state index < -0.39 is 17.6 Å². The molecule has 3 aromatic rings. The van der Waals surface area contributed by atoms with Crippen molar-refractivity contribution < 1.29 is 17.6 Å². The molecule has 0 saturated carbocycles. The number of para-hydroxylation sites is 2. The molecular weight excluding hydrogens is 386 g/mol. The second-order valence-electron chi connectivity index (χ2n) is 6.37. The minimum atomic E-state index is -4.64. The summed E-state index contributed by atoms with van der Waals surface area (Å²) in [4.78, 5) is 11.9. The number of aromatic amines is 1. The van der Waals surface area contributed by atoms with Crippen LogP contribution in [0.2, 0.25) is 0 Å². The van der Waals surface area contributed by atoms with Crippen LogP contribution in [0.3, 0.4) is 0 Å². The molecule has 3 N–H and O–H groups in total. The van der Waals surface area contributed by atoms with E-state index in [0.717, 1.165) is 29.0 Å². The van der Waals surface area contributed by atoms with Crippen molar-refractivity contribution >= 4 is 17.0 Å². The summed E-state index contributed by atoms with van der Waals surface area (Å²) < 4.78 is 52.6. The predicted molar refractivity (Wildman–Crippen MR) is 104 cm³/mol. The van der Waals surface area contributed by atoms with Crippen molar-refractivity contribution in [3.05, 3.63) is 65.2 Å². The first kappa shape index (κ1) is 20.6. The number of imidazole rings is 1. The average Bonchev–Trinajstić information content (AvgIpc) is 3.09. The number of guanidine groups is 1. The number of fused-ring (bicyclic) bond motifs is 1. The molecule has 9 heteroatoms. The van der Waals surface area contributed by atoms with Gasteiger partial charge in [0, 0.05) is 19.5 Å². The first-order valence-corrected chi connectivity index (χ1v) is 9.18. The molecule has 0 bridgehead atoms. The Morgan fingerprint density at radius 3 is 2.66 bits per heavy atom. The van der Waals surface area contributed by atoms with Gasteiger partial charge in [-0.1, -0.05) is 18.2 Å². The number of rotatable bonds is 6. The van der Waals surface area contributed by atoms with Gasteiger partial charge in [-0.05, 0) is 36.8 Å². The third kappa shape index (κ3) is 5.46. The molecule has 29 heavy (non-hydrogen) atoms. The minimum absolute atomic E-state index is 0.0895. The van der Waals surface area contributed by atoms with E-state index in [4.69, 9.17) is 0 Å². The Bertz CT molecular complexity index is 961. The lowest BCUT2D eigenvalue weighted by atomic mass is 10.1. The Morgan fingerprint density at radius 2 is 1.93 bits per heavy atom. The van der Waals surface area contributed by atoms with E-state index in [0.29, 0.717) is 31.5 Å². The van der Waals surface area contributed by atoms with Crippen LogP contribution in [0, 0.1) is 5.82 Å². The number of aromatic nitrogens is 2. The van der Waals surface area contributed by atoms with Crippen molar-refractivity contribution in [1.82, 2.24) is 20.6 Å². The summed E-state index contributed by atoms with van der Waals surface area (Å²) in [6.45, 7) is 2.66. The van der Waals surface area contributed by atoms with Crippen molar-refractivity contribution in [2.45, 2.75) is 26.1 Å². The van der Waals surface area contributed by atoms with Crippen LogP contribution in [0.1, 0.15) is 23.9 Å². The van der Waals surface area contributed by atoms with Gasteiger partial charge < -0.3 is 15.6 Å². The molecule has 154 valence electrons. The van der Waals surface area contributed by atoms with Crippen LogP contribution in [0.4, 0.5) is 17.6 Å². The maximum absolute atomic E-state index is 13.2. The van der Waals surface area contributed by atoms with Crippen LogP contribution in [0.25, 0.3) is 11.0 Å². The molecule has 0 aliphatic heterocycles. The molecule has 1 heterocycles. The average molecular weight is 407 g/mol. The van der Waals surface area contributed by atoms with Gasteiger partial charge in [-0.3, -0.25) is 0 Å². The van der Waals surface area contributed by atoms with Gasteiger partial charge in [-0.15, -0.1) is 0 Å². The minimum Gasteiger partial charge on any atom is -0.357 e. The number of aliphatic imine (C=N–C) groups is 1. The molecule has 0 atom stereocenters. The molecule has 0 amide bonds. The van der Waals surface area contributed by atoms with Crippen molar-refractivity contribution in [1.29, 1.82) is 0 Å². The summed E-state index contributed by atoms with van der Waals surface area (Å²) in [6.07, 6.45) is -4.05. The molecule has 5 nitrogen and oxygen atoms in total. The Labute approximate surface area is 165 Å². The van der Waals surface area contributed by atoms with Gasteiger partial charge in [0.15, 0.2) is 5.96 Å². The lowest BCUT2D eigenvalue weighted by molar-refractivity contribution is -0.138. The molecule has 0 aliphatic rings. The fraction of sp³-hybridized carbons (Fsp3) is 0.300. The lowest BCUT2D eigenvalue weighted by Gasteiger charge is -2.13. The molecule has 0 fully saturated rings. The van der Waals surface area contributed by atoms with E-state index in [1.54, 1.807) is 0 Å². The third-order valence-corrected chi connectivity index (χ3v) is 4.22. The maximum Gasteiger partial charge on any atom is 0.416 e. The van der Waals surface area contributed by atoms with Crippen LogP contribution in [-0.2, 0) is 19.1 Å². The van der Waals surface area contributed by atoms with Crippen LogP contribution in [0.15, 0.2) is 47.5 Å². The summed E-state index contributed by atoms with van der Waals surface area (Å²) in [5.41, 5.74) is 0.714. The summed E-state index contributed by atoms with van der Waals surface area (Å²) in [6, 6.07) is 10.3. The topological polar surface area (TPSA) is 65.1 Å². The van der Waals surface area contributed by atoms with Gasteiger partial charge in [0.2, 0.25) is 0 Å². The Kier molecular flexibility index (Phi) is 6.36. The van der Waals surface area contributed by atoms with Gasteiger partial charge in [0.1, 0.15) is 11.6 Å². The van der Waals surface area contributed by atoms with E-state index in [1.165, 1.54) is 0 Å². The van der Waals surface area contributed by atoms with Crippen molar-refractivity contribution in [2.24, 2.45) is 4.99 Å². The normalized spacial score (nSPS) is 12.4. The quantitative estimate of drug-likeness (QED) is 0.329. The van der Waals surface area contributed by atoms with Crippen molar-refractivity contribution in [3.8, 4) is 0 Å². The number of alkyl halides is 3. The van der Waals surface area contributed by atoms with Gasteiger partial charge >= 0.3 is 6.18 Å². The van der Waals surface area contributed by atoms with Gasteiger partial charge in [0.25, 0.3) is 0 Å². The fourth-order valence-electron chi connectivity index (χ4n) is 2.88. The highest BCUT2D eigenvalue weighted by atomic mass is 19.4. The number of hydrogen-bond acceptors (Lipinski definition) is 2. The summed E-state index contributed by atoms with van der Waals surface area (Å²) in [5, 5.41) is 6.07. The highest BCUT2D eigenvalue weighted by Crippen LogP contribution is 2.32. The molecule has 1 aromatic heterocycles.